The van der Waals surface area contributed by atoms with Gasteiger partial charge in [0.05, 0.1) is 17.4 Å². The summed E-state index contributed by atoms with van der Waals surface area (Å²) < 4.78 is 20.9. The zero-order valence-electron chi connectivity index (χ0n) is 15.9. The average Bonchev–Trinajstić information content (AvgIpc) is 3.12. The highest BCUT2D eigenvalue weighted by molar-refractivity contribution is 5.71. The molecular formula is C23H20FN3O2. The van der Waals surface area contributed by atoms with E-state index >= 15 is 0 Å². The Hall–Kier alpha value is -3.67. The van der Waals surface area contributed by atoms with Gasteiger partial charge in [-0.2, -0.15) is 0 Å². The van der Waals surface area contributed by atoms with E-state index in [-0.39, 0.29) is 12.4 Å². The summed E-state index contributed by atoms with van der Waals surface area (Å²) in [5, 5.41) is 2.82. The van der Waals surface area contributed by atoms with E-state index in [0.29, 0.717) is 11.3 Å². The smallest absolute Gasteiger partial charge is 0.407 e. The molecule has 0 fully saturated rings. The molecule has 0 aliphatic heterocycles. The van der Waals surface area contributed by atoms with Crippen LogP contribution in [0.5, 0.6) is 0 Å². The standard InChI is InChI=1S/C23H20FN3O2/c1-16(25-23(28)29-15-17-8-4-2-5-9-17)21-22(18-10-6-3-7-11-18)27-14-19(24)12-13-20(27)26-21/h2-14,16H,15H2,1H3,(H,25,28)/t16-/m0/s1. The van der Waals surface area contributed by atoms with Crippen molar-refractivity contribution in [3.63, 3.8) is 0 Å². The lowest BCUT2D eigenvalue weighted by Gasteiger charge is -2.14. The number of benzene rings is 2. The minimum atomic E-state index is -0.538. The number of carbonyl (C=O) groups excluding carboxylic acids is 1. The Balaban J connectivity index is 1.60. The summed E-state index contributed by atoms with van der Waals surface area (Å²) in [6.07, 6.45) is 0.859. The van der Waals surface area contributed by atoms with Gasteiger partial charge in [-0.1, -0.05) is 60.7 Å². The molecule has 0 saturated carbocycles. The third kappa shape index (κ3) is 4.11. The molecule has 0 saturated heterocycles. The minimum absolute atomic E-state index is 0.182. The summed E-state index contributed by atoms with van der Waals surface area (Å²) in [5.74, 6) is -0.360. The van der Waals surface area contributed by atoms with Gasteiger partial charge in [-0.05, 0) is 24.6 Å². The molecule has 146 valence electrons. The van der Waals surface area contributed by atoms with Gasteiger partial charge in [0.25, 0.3) is 0 Å². The Morgan fingerprint density at radius 3 is 2.48 bits per heavy atom. The van der Waals surface area contributed by atoms with Crippen molar-refractivity contribution < 1.29 is 13.9 Å². The van der Waals surface area contributed by atoms with Crippen molar-refractivity contribution in [2.75, 3.05) is 0 Å². The fourth-order valence-corrected chi connectivity index (χ4v) is 3.23. The van der Waals surface area contributed by atoms with Crippen molar-refractivity contribution in [2.45, 2.75) is 19.6 Å². The number of nitrogens with one attached hydrogen (secondary N) is 1. The van der Waals surface area contributed by atoms with Gasteiger partial charge in [0.15, 0.2) is 0 Å². The summed E-state index contributed by atoms with van der Waals surface area (Å²) in [7, 11) is 0. The Kier molecular flexibility index (Phi) is 5.24. The highest BCUT2D eigenvalue weighted by Crippen LogP contribution is 2.29. The normalized spacial score (nSPS) is 11.9. The molecule has 1 N–H and O–H groups in total. The number of halogens is 1. The van der Waals surface area contributed by atoms with Gasteiger partial charge in [0.2, 0.25) is 0 Å². The van der Waals surface area contributed by atoms with Crippen LogP contribution in [-0.2, 0) is 11.3 Å². The van der Waals surface area contributed by atoms with Crippen LogP contribution in [0, 0.1) is 5.82 Å². The minimum Gasteiger partial charge on any atom is -0.445 e. The number of amides is 1. The summed E-state index contributed by atoms with van der Waals surface area (Å²) in [6.45, 7) is 2.01. The van der Waals surface area contributed by atoms with Crippen molar-refractivity contribution in [3.8, 4) is 11.3 Å². The van der Waals surface area contributed by atoms with Gasteiger partial charge in [-0.25, -0.2) is 14.2 Å². The van der Waals surface area contributed by atoms with Crippen LogP contribution in [-0.4, -0.2) is 15.5 Å². The largest absolute Gasteiger partial charge is 0.445 e. The molecule has 1 atom stereocenters. The molecule has 2 heterocycles. The second-order valence-electron chi connectivity index (χ2n) is 6.71. The second kappa shape index (κ2) is 8.14. The number of rotatable bonds is 5. The van der Waals surface area contributed by atoms with Crippen LogP contribution in [0.4, 0.5) is 9.18 Å². The fourth-order valence-electron chi connectivity index (χ4n) is 3.23. The molecule has 6 heteroatoms. The lowest BCUT2D eigenvalue weighted by Crippen LogP contribution is -2.27. The van der Waals surface area contributed by atoms with Crippen LogP contribution in [0.25, 0.3) is 16.9 Å². The first-order valence-corrected chi connectivity index (χ1v) is 9.32. The molecule has 0 unspecified atom stereocenters. The zero-order chi connectivity index (χ0) is 20.2. The summed E-state index contributed by atoms with van der Waals surface area (Å²) >= 11 is 0. The number of alkyl carbamates (subject to hydrolysis) is 1. The number of pyridine rings is 1. The van der Waals surface area contributed by atoms with E-state index in [1.54, 1.807) is 10.5 Å². The SMILES string of the molecule is C[C@H](NC(=O)OCc1ccccc1)c1nc2ccc(F)cn2c1-c1ccccc1. The van der Waals surface area contributed by atoms with Crippen LogP contribution in [0.3, 0.4) is 0 Å². The molecule has 4 rings (SSSR count). The highest BCUT2D eigenvalue weighted by atomic mass is 19.1. The van der Waals surface area contributed by atoms with Crippen LogP contribution >= 0.6 is 0 Å². The summed E-state index contributed by atoms with van der Waals surface area (Å²) in [4.78, 5) is 16.9. The van der Waals surface area contributed by atoms with E-state index in [0.717, 1.165) is 16.8 Å². The first-order chi connectivity index (χ1) is 14.1. The van der Waals surface area contributed by atoms with Gasteiger partial charge in [-0.15, -0.1) is 0 Å². The number of ether oxygens (including phenoxy) is 1. The first kappa shape index (κ1) is 18.7. The predicted molar refractivity (Wildman–Crippen MR) is 109 cm³/mol. The molecule has 0 aliphatic carbocycles. The van der Waals surface area contributed by atoms with Crippen LogP contribution in [0.15, 0.2) is 79.0 Å². The molecule has 0 spiro atoms. The zero-order valence-corrected chi connectivity index (χ0v) is 15.9. The molecule has 29 heavy (non-hydrogen) atoms. The molecule has 1 amide bonds. The summed E-state index contributed by atoms with van der Waals surface area (Å²) in [5.41, 5.74) is 3.76. The van der Waals surface area contributed by atoms with Crippen LogP contribution in [0.2, 0.25) is 0 Å². The molecular weight excluding hydrogens is 369 g/mol. The van der Waals surface area contributed by atoms with Gasteiger partial charge in [0.1, 0.15) is 18.1 Å². The van der Waals surface area contributed by atoms with Gasteiger partial charge in [0, 0.05) is 11.8 Å². The lowest BCUT2D eigenvalue weighted by atomic mass is 10.1. The van der Waals surface area contributed by atoms with Crippen LogP contribution in [0.1, 0.15) is 24.2 Å². The second-order valence-corrected chi connectivity index (χ2v) is 6.71. The quantitative estimate of drug-likeness (QED) is 0.515. The molecule has 0 radical (unpaired) electrons. The number of nitrogens with zero attached hydrogens (tertiary/aromatic N) is 2. The van der Waals surface area contributed by atoms with Crippen LogP contribution < -0.4 is 5.32 Å². The van der Waals surface area contributed by atoms with Crippen molar-refractivity contribution in [1.82, 2.24) is 14.7 Å². The Morgan fingerprint density at radius 1 is 1.07 bits per heavy atom. The topological polar surface area (TPSA) is 55.6 Å². The summed E-state index contributed by atoms with van der Waals surface area (Å²) in [6, 6.07) is 21.6. The maximum Gasteiger partial charge on any atom is 0.407 e. The molecule has 2 aromatic carbocycles. The number of carbonyl (C=O) groups is 1. The molecule has 5 nitrogen and oxygen atoms in total. The van der Waals surface area contributed by atoms with Gasteiger partial charge >= 0.3 is 6.09 Å². The van der Waals surface area contributed by atoms with Crippen molar-refractivity contribution in [2.24, 2.45) is 0 Å². The van der Waals surface area contributed by atoms with Gasteiger partial charge < -0.3 is 10.1 Å². The molecule has 4 aromatic rings. The van der Waals surface area contributed by atoms with E-state index in [4.69, 9.17) is 4.74 Å². The van der Waals surface area contributed by atoms with E-state index < -0.39 is 12.1 Å². The first-order valence-electron chi connectivity index (χ1n) is 9.32. The average molecular weight is 389 g/mol. The maximum absolute atomic E-state index is 13.9. The van der Waals surface area contributed by atoms with E-state index in [1.165, 1.54) is 12.3 Å². The Bertz CT molecular complexity index is 1130. The number of aromatic nitrogens is 2. The number of fused-ring (bicyclic) bond motifs is 1. The van der Waals surface area contributed by atoms with E-state index in [9.17, 15) is 9.18 Å². The lowest BCUT2D eigenvalue weighted by molar-refractivity contribution is 0.136. The van der Waals surface area contributed by atoms with Crippen molar-refractivity contribution >= 4 is 11.7 Å². The van der Waals surface area contributed by atoms with Gasteiger partial charge in [-0.3, -0.25) is 4.40 Å². The molecule has 0 aliphatic rings. The maximum atomic E-state index is 13.9. The predicted octanol–water partition coefficient (Wildman–Crippen LogP) is 5.13. The number of imidazole rings is 1. The number of hydrogen-bond acceptors (Lipinski definition) is 3. The molecule has 0 bridgehead atoms. The monoisotopic (exact) mass is 389 g/mol. The molecule has 2 aromatic heterocycles. The van der Waals surface area contributed by atoms with E-state index in [2.05, 4.69) is 10.3 Å². The third-order valence-electron chi connectivity index (χ3n) is 4.61. The Labute approximate surface area is 167 Å². The van der Waals surface area contributed by atoms with E-state index in [1.807, 2.05) is 67.6 Å². The van der Waals surface area contributed by atoms with Crippen molar-refractivity contribution in [3.05, 3.63) is 96.1 Å². The highest BCUT2D eigenvalue weighted by Gasteiger charge is 2.21. The fraction of sp³-hybridized carbons (Fsp3) is 0.130. The third-order valence-corrected chi connectivity index (χ3v) is 4.61. The number of hydrogen-bond donors (Lipinski definition) is 1. The Morgan fingerprint density at radius 2 is 1.76 bits per heavy atom. The van der Waals surface area contributed by atoms with Crippen molar-refractivity contribution in [1.29, 1.82) is 0 Å².